The zero-order valence-electron chi connectivity index (χ0n) is 12.3. The quantitative estimate of drug-likeness (QED) is 0.771. The lowest BCUT2D eigenvalue weighted by molar-refractivity contribution is 0.101. The monoisotopic (exact) mass is 312 g/mol. The topological polar surface area (TPSA) is 92.4 Å². The summed E-state index contributed by atoms with van der Waals surface area (Å²) in [4.78, 5) is 0.210. The van der Waals surface area contributed by atoms with Gasteiger partial charge in [0.15, 0.2) is 0 Å². The Morgan fingerprint density at radius 1 is 1.38 bits per heavy atom. The molecule has 0 radical (unpaired) electrons. The summed E-state index contributed by atoms with van der Waals surface area (Å²) >= 11 is 0. The number of nitrogens with two attached hydrogens (primary N) is 1. The normalized spacial score (nSPS) is 24.7. The minimum atomic E-state index is -3.62. The van der Waals surface area contributed by atoms with Crippen LogP contribution in [0, 0.1) is 0 Å². The first-order valence-corrected chi connectivity index (χ1v) is 8.98. The van der Waals surface area contributed by atoms with Crippen LogP contribution in [0.4, 0.5) is 0 Å². The zero-order chi connectivity index (χ0) is 15.5. The number of sulfonamides is 1. The van der Waals surface area contributed by atoms with Crippen molar-refractivity contribution in [2.24, 2.45) is 5.73 Å². The van der Waals surface area contributed by atoms with Crippen molar-refractivity contribution < 1.29 is 13.5 Å². The highest BCUT2D eigenvalue weighted by Crippen LogP contribution is 2.22. The van der Waals surface area contributed by atoms with E-state index >= 15 is 0 Å². The van der Waals surface area contributed by atoms with Crippen LogP contribution in [0.15, 0.2) is 29.2 Å². The second-order valence-electron chi connectivity index (χ2n) is 5.67. The van der Waals surface area contributed by atoms with Crippen molar-refractivity contribution in [3.05, 3.63) is 29.8 Å². The van der Waals surface area contributed by atoms with Crippen LogP contribution in [0.1, 0.15) is 50.6 Å². The number of nitrogens with one attached hydrogen (secondary N) is 1. The number of hydrogen-bond donors (Lipinski definition) is 3. The molecule has 1 aliphatic rings. The molecule has 3 atom stereocenters. The summed E-state index contributed by atoms with van der Waals surface area (Å²) in [5.41, 5.74) is 6.77. The van der Waals surface area contributed by atoms with Gasteiger partial charge in [-0.3, -0.25) is 0 Å². The molecule has 21 heavy (non-hydrogen) atoms. The Morgan fingerprint density at radius 2 is 2.10 bits per heavy atom. The maximum atomic E-state index is 12.4. The maximum absolute atomic E-state index is 12.4. The standard InChI is InChI=1S/C15H24N2O3S/c1-2-13(16)11-6-5-7-12(10-11)21(19,20)17-14-8-3-4-9-15(14)18/h5-7,10,13-15,17-18H,2-4,8-9,16H2,1H3. The summed E-state index contributed by atoms with van der Waals surface area (Å²) in [6, 6.07) is 6.15. The van der Waals surface area contributed by atoms with Crippen molar-refractivity contribution in [2.45, 2.75) is 62.1 Å². The van der Waals surface area contributed by atoms with Crippen LogP contribution in [-0.2, 0) is 10.0 Å². The molecule has 5 nitrogen and oxygen atoms in total. The molecule has 0 saturated heterocycles. The van der Waals surface area contributed by atoms with Crippen molar-refractivity contribution >= 4 is 10.0 Å². The summed E-state index contributed by atoms with van der Waals surface area (Å²) < 4.78 is 27.5. The molecule has 1 aromatic rings. The van der Waals surface area contributed by atoms with Crippen LogP contribution in [0.5, 0.6) is 0 Å². The summed E-state index contributed by atoms with van der Waals surface area (Å²) in [5.74, 6) is 0. The molecule has 0 aromatic heterocycles. The molecule has 1 saturated carbocycles. The average molecular weight is 312 g/mol. The minimum Gasteiger partial charge on any atom is -0.391 e. The second kappa shape index (κ2) is 6.87. The van der Waals surface area contributed by atoms with Gasteiger partial charge in [-0.15, -0.1) is 0 Å². The van der Waals surface area contributed by atoms with E-state index in [2.05, 4.69) is 4.72 Å². The predicted molar refractivity (Wildman–Crippen MR) is 82.2 cm³/mol. The number of benzene rings is 1. The maximum Gasteiger partial charge on any atom is 0.240 e. The first-order chi connectivity index (χ1) is 9.94. The van der Waals surface area contributed by atoms with E-state index in [1.807, 2.05) is 13.0 Å². The average Bonchev–Trinajstić information content (AvgIpc) is 2.49. The molecular formula is C15H24N2O3S. The van der Waals surface area contributed by atoms with E-state index in [-0.39, 0.29) is 10.9 Å². The molecule has 0 spiro atoms. The Morgan fingerprint density at radius 3 is 2.76 bits per heavy atom. The lowest BCUT2D eigenvalue weighted by Gasteiger charge is -2.28. The van der Waals surface area contributed by atoms with Gasteiger partial charge in [-0.05, 0) is 37.0 Å². The fourth-order valence-corrected chi connectivity index (χ4v) is 4.02. The molecular weight excluding hydrogens is 288 g/mol. The molecule has 118 valence electrons. The van der Waals surface area contributed by atoms with Gasteiger partial charge in [0.05, 0.1) is 11.0 Å². The lowest BCUT2D eigenvalue weighted by atomic mass is 9.93. The molecule has 0 aliphatic heterocycles. The number of aliphatic hydroxyl groups is 1. The summed E-state index contributed by atoms with van der Waals surface area (Å²) in [6.07, 6.45) is 3.35. The van der Waals surface area contributed by atoms with Crippen molar-refractivity contribution in [2.75, 3.05) is 0 Å². The first kappa shape index (κ1) is 16.4. The molecule has 1 fully saturated rings. The number of hydrogen-bond acceptors (Lipinski definition) is 4. The van der Waals surface area contributed by atoms with Crippen LogP contribution in [0.2, 0.25) is 0 Å². The fourth-order valence-electron chi connectivity index (χ4n) is 2.66. The molecule has 0 heterocycles. The van der Waals surface area contributed by atoms with Gasteiger partial charge in [0.25, 0.3) is 0 Å². The Kier molecular flexibility index (Phi) is 5.37. The predicted octanol–water partition coefficient (Wildman–Crippen LogP) is 1.68. The van der Waals surface area contributed by atoms with Crippen LogP contribution in [0.3, 0.4) is 0 Å². The molecule has 1 aliphatic carbocycles. The highest BCUT2D eigenvalue weighted by atomic mass is 32.2. The van der Waals surface area contributed by atoms with E-state index in [1.54, 1.807) is 18.2 Å². The summed E-state index contributed by atoms with van der Waals surface area (Å²) in [7, 11) is -3.62. The van der Waals surface area contributed by atoms with E-state index in [0.717, 1.165) is 24.8 Å². The van der Waals surface area contributed by atoms with Crippen LogP contribution in [0.25, 0.3) is 0 Å². The van der Waals surface area contributed by atoms with Gasteiger partial charge in [0.2, 0.25) is 10.0 Å². The highest BCUT2D eigenvalue weighted by molar-refractivity contribution is 7.89. The van der Waals surface area contributed by atoms with Gasteiger partial charge in [-0.25, -0.2) is 13.1 Å². The van der Waals surface area contributed by atoms with Crippen LogP contribution in [-0.4, -0.2) is 25.7 Å². The fraction of sp³-hybridized carbons (Fsp3) is 0.600. The first-order valence-electron chi connectivity index (χ1n) is 7.50. The Bertz CT molecular complexity index is 574. The summed E-state index contributed by atoms with van der Waals surface area (Å²) in [6.45, 7) is 1.96. The van der Waals surface area contributed by atoms with Gasteiger partial charge >= 0.3 is 0 Å². The van der Waals surface area contributed by atoms with Crippen molar-refractivity contribution in [3.63, 3.8) is 0 Å². The third-order valence-electron chi connectivity index (χ3n) is 4.07. The van der Waals surface area contributed by atoms with Gasteiger partial charge in [0, 0.05) is 12.1 Å². The lowest BCUT2D eigenvalue weighted by Crippen LogP contribution is -2.44. The summed E-state index contributed by atoms with van der Waals surface area (Å²) in [5, 5.41) is 9.91. The van der Waals surface area contributed by atoms with Crippen LogP contribution < -0.4 is 10.5 Å². The SMILES string of the molecule is CCC(N)c1cccc(S(=O)(=O)NC2CCCCC2O)c1. The Labute approximate surface area is 126 Å². The third kappa shape index (κ3) is 4.03. The molecule has 4 N–H and O–H groups in total. The van der Waals surface area contributed by atoms with Crippen LogP contribution >= 0.6 is 0 Å². The highest BCUT2D eigenvalue weighted by Gasteiger charge is 2.28. The van der Waals surface area contributed by atoms with Gasteiger partial charge in [-0.2, -0.15) is 0 Å². The Hall–Kier alpha value is -0.950. The van der Waals surface area contributed by atoms with Crippen molar-refractivity contribution in [1.29, 1.82) is 0 Å². The molecule has 0 amide bonds. The third-order valence-corrected chi connectivity index (χ3v) is 5.56. The molecule has 6 heteroatoms. The molecule has 2 rings (SSSR count). The largest absolute Gasteiger partial charge is 0.391 e. The van der Waals surface area contributed by atoms with E-state index < -0.39 is 22.2 Å². The minimum absolute atomic E-state index is 0.166. The number of aliphatic hydroxyl groups excluding tert-OH is 1. The number of rotatable bonds is 5. The van der Waals surface area contributed by atoms with Gasteiger partial charge in [0.1, 0.15) is 0 Å². The van der Waals surface area contributed by atoms with Gasteiger partial charge in [-0.1, -0.05) is 31.9 Å². The van der Waals surface area contributed by atoms with E-state index in [0.29, 0.717) is 12.8 Å². The zero-order valence-corrected chi connectivity index (χ0v) is 13.1. The van der Waals surface area contributed by atoms with E-state index in [9.17, 15) is 13.5 Å². The van der Waals surface area contributed by atoms with E-state index in [1.165, 1.54) is 0 Å². The van der Waals surface area contributed by atoms with Crippen molar-refractivity contribution in [1.82, 2.24) is 4.72 Å². The molecule has 0 bridgehead atoms. The smallest absolute Gasteiger partial charge is 0.240 e. The van der Waals surface area contributed by atoms with Crippen molar-refractivity contribution in [3.8, 4) is 0 Å². The van der Waals surface area contributed by atoms with E-state index in [4.69, 9.17) is 5.73 Å². The molecule has 3 unspecified atom stereocenters. The second-order valence-corrected chi connectivity index (χ2v) is 7.38. The molecule has 1 aromatic carbocycles. The Balaban J connectivity index is 2.19. The van der Waals surface area contributed by atoms with Gasteiger partial charge < -0.3 is 10.8 Å².